The molecular formula is C14H13ClN4OS. The smallest absolute Gasteiger partial charge is 0.228 e. The van der Waals surface area contributed by atoms with Gasteiger partial charge in [-0.1, -0.05) is 11.6 Å². The van der Waals surface area contributed by atoms with Gasteiger partial charge in [0.25, 0.3) is 0 Å². The van der Waals surface area contributed by atoms with Crippen LogP contribution in [0.4, 0.5) is 5.13 Å². The molecule has 1 amide bonds. The predicted octanol–water partition coefficient (Wildman–Crippen LogP) is 3.48. The highest BCUT2D eigenvalue weighted by atomic mass is 35.5. The first-order chi connectivity index (χ1) is 10.1. The Morgan fingerprint density at radius 2 is 2.29 bits per heavy atom. The minimum atomic E-state index is -0.0740. The fourth-order valence-electron chi connectivity index (χ4n) is 2.02. The summed E-state index contributed by atoms with van der Waals surface area (Å²) in [6.45, 7) is 2.45. The number of carbonyl (C=O) groups excluding carboxylic acids is 1. The summed E-state index contributed by atoms with van der Waals surface area (Å²) in [5, 5.41) is 9.37. The maximum Gasteiger partial charge on any atom is 0.228 e. The lowest BCUT2D eigenvalue weighted by atomic mass is 10.2. The molecule has 0 bridgehead atoms. The fourth-order valence-corrected chi connectivity index (χ4v) is 2.87. The van der Waals surface area contributed by atoms with Gasteiger partial charge in [-0.2, -0.15) is 5.10 Å². The summed E-state index contributed by atoms with van der Waals surface area (Å²) in [6.07, 6.45) is 3.85. The number of hydrogen-bond acceptors (Lipinski definition) is 4. The lowest BCUT2D eigenvalue weighted by Crippen LogP contribution is -2.14. The summed E-state index contributed by atoms with van der Waals surface area (Å²) in [5.41, 5.74) is 0.931. The molecule has 0 aliphatic heterocycles. The molecule has 7 heteroatoms. The van der Waals surface area contributed by atoms with E-state index >= 15 is 0 Å². The second-order valence-electron chi connectivity index (χ2n) is 4.65. The van der Waals surface area contributed by atoms with Crippen molar-refractivity contribution in [3.05, 3.63) is 40.5 Å². The van der Waals surface area contributed by atoms with Crippen LogP contribution in [0.5, 0.6) is 0 Å². The van der Waals surface area contributed by atoms with Gasteiger partial charge < -0.3 is 5.32 Å². The zero-order chi connectivity index (χ0) is 14.8. The molecule has 1 aromatic carbocycles. The van der Waals surface area contributed by atoms with Crippen molar-refractivity contribution in [2.45, 2.75) is 19.9 Å². The number of aromatic nitrogens is 3. The number of hydrogen-bond donors (Lipinski definition) is 1. The fraction of sp³-hybridized carbons (Fsp3) is 0.214. The second-order valence-corrected chi connectivity index (χ2v) is 6.32. The van der Waals surface area contributed by atoms with Crippen molar-refractivity contribution in [1.82, 2.24) is 14.8 Å². The van der Waals surface area contributed by atoms with E-state index in [4.69, 9.17) is 11.6 Å². The number of nitrogens with one attached hydrogen (secondary N) is 1. The van der Waals surface area contributed by atoms with E-state index in [-0.39, 0.29) is 5.91 Å². The number of nitrogens with zero attached hydrogens (tertiary/aromatic N) is 3. The van der Waals surface area contributed by atoms with Gasteiger partial charge in [0.05, 0.1) is 18.3 Å². The highest BCUT2D eigenvalue weighted by Crippen LogP contribution is 2.20. The number of rotatable bonds is 4. The Balaban J connectivity index is 1.66. The quantitative estimate of drug-likeness (QED) is 0.800. The Morgan fingerprint density at radius 1 is 1.43 bits per heavy atom. The van der Waals surface area contributed by atoms with Crippen molar-refractivity contribution in [1.29, 1.82) is 0 Å². The van der Waals surface area contributed by atoms with E-state index in [2.05, 4.69) is 15.4 Å². The SMILES string of the molecule is Cc1cnc(NC(=O)CCn2ncc3ccc(Cl)cc32)s1. The van der Waals surface area contributed by atoms with Crippen LogP contribution in [0.25, 0.3) is 10.9 Å². The van der Waals surface area contributed by atoms with E-state index < -0.39 is 0 Å². The lowest BCUT2D eigenvalue weighted by Gasteiger charge is -2.04. The third-order valence-electron chi connectivity index (χ3n) is 3.03. The molecule has 0 spiro atoms. The molecule has 1 N–H and O–H groups in total. The predicted molar refractivity (Wildman–Crippen MR) is 84.8 cm³/mol. The van der Waals surface area contributed by atoms with Gasteiger partial charge in [-0.15, -0.1) is 11.3 Å². The van der Waals surface area contributed by atoms with Crippen molar-refractivity contribution >= 4 is 44.9 Å². The number of fused-ring (bicyclic) bond motifs is 1. The normalized spacial score (nSPS) is 11.0. The maximum atomic E-state index is 11.9. The minimum absolute atomic E-state index is 0.0740. The molecule has 0 atom stereocenters. The Kier molecular flexibility index (Phi) is 3.90. The molecule has 0 aliphatic carbocycles. The molecule has 3 aromatic rings. The number of thiazole rings is 1. The molecule has 0 saturated carbocycles. The number of halogens is 1. The number of anilines is 1. The second kappa shape index (κ2) is 5.83. The van der Waals surface area contributed by atoms with Crippen molar-refractivity contribution in [2.75, 3.05) is 5.32 Å². The van der Waals surface area contributed by atoms with Crippen LogP contribution in [0.1, 0.15) is 11.3 Å². The minimum Gasteiger partial charge on any atom is -0.302 e. The molecule has 108 valence electrons. The van der Waals surface area contributed by atoms with Crippen LogP contribution in [-0.4, -0.2) is 20.7 Å². The third-order valence-corrected chi connectivity index (χ3v) is 4.09. The summed E-state index contributed by atoms with van der Waals surface area (Å²) in [4.78, 5) is 17.1. The van der Waals surface area contributed by atoms with Gasteiger partial charge in [0, 0.05) is 27.9 Å². The largest absolute Gasteiger partial charge is 0.302 e. The van der Waals surface area contributed by atoms with Gasteiger partial charge in [-0.25, -0.2) is 4.98 Å². The average molecular weight is 321 g/mol. The van der Waals surface area contributed by atoms with Crippen LogP contribution in [0.15, 0.2) is 30.6 Å². The first-order valence-corrected chi connectivity index (χ1v) is 7.64. The van der Waals surface area contributed by atoms with Gasteiger partial charge in [0.15, 0.2) is 5.13 Å². The number of carbonyl (C=O) groups is 1. The zero-order valence-corrected chi connectivity index (χ0v) is 12.9. The Labute approximate surface area is 130 Å². The van der Waals surface area contributed by atoms with Crippen molar-refractivity contribution in [2.24, 2.45) is 0 Å². The summed E-state index contributed by atoms with van der Waals surface area (Å²) in [7, 11) is 0. The number of benzene rings is 1. The van der Waals surface area contributed by atoms with E-state index in [0.717, 1.165) is 15.8 Å². The molecule has 2 heterocycles. The van der Waals surface area contributed by atoms with Crippen LogP contribution in [0, 0.1) is 6.92 Å². The topological polar surface area (TPSA) is 59.8 Å². The molecule has 0 aliphatic rings. The van der Waals surface area contributed by atoms with Gasteiger partial charge in [-0.05, 0) is 25.1 Å². The summed E-state index contributed by atoms with van der Waals surface area (Å²) in [5.74, 6) is -0.0740. The molecule has 2 aromatic heterocycles. The summed E-state index contributed by atoms with van der Waals surface area (Å²) >= 11 is 7.45. The highest BCUT2D eigenvalue weighted by molar-refractivity contribution is 7.15. The van der Waals surface area contributed by atoms with Gasteiger partial charge >= 0.3 is 0 Å². The highest BCUT2D eigenvalue weighted by Gasteiger charge is 2.08. The Morgan fingerprint density at radius 3 is 3.05 bits per heavy atom. The van der Waals surface area contributed by atoms with E-state index in [9.17, 15) is 4.79 Å². The standard InChI is InChI=1S/C14H13ClN4OS/c1-9-7-16-14(21-9)18-13(20)4-5-19-12-6-11(15)3-2-10(12)8-17-19/h2-3,6-8H,4-5H2,1H3,(H,16,18,20). The first kappa shape index (κ1) is 14.0. The van der Waals surface area contributed by atoms with Crippen LogP contribution in [0.3, 0.4) is 0 Å². The molecule has 0 saturated heterocycles. The van der Waals surface area contributed by atoms with Crippen LogP contribution in [-0.2, 0) is 11.3 Å². The van der Waals surface area contributed by atoms with Gasteiger partial charge in [-0.3, -0.25) is 9.48 Å². The lowest BCUT2D eigenvalue weighted by molar-refractivity contribution is -0.116. The van der Waals surface area contributed by atoms with Crippen LogP contribution < -0.4 is 5.32 Å². The Bertz CT molecular complexity index is 795. The van der Waals surface area contributed by atoms with E-state index in [1.807, 2.05) is 25.1 Å². The summed E-state index contributed by atoms with van der Waals surface area (Å²) < 4.78 is 1.79. The van der Waals surface area contributed by atoms with Crippen molar-refractivity contribution in [3.63, 3.8) is 0 Å². The maximum absolute atomic E-state index is 11.9. The molecule has 5 nitrogen and oxygen atoms in total. The van der Waals surface area contributed by atoms with E-state index in [0.29, 0.717) is 23.1 Å². The van der Waals surface area contributed by atoms with Crippen molar-refractivity contribution < 1.29 is 4.79 Å². The third kappa shape index (κ3) is 3.22. The average Bonchev–Trinajstić information content (AvgIpc) is 3.03. The molecule has 0 fully saturated rings. The molecule has 21 heavy (non-hydrogen) atoms. The molecule has 3 rings (SSSR count). The van der Waals surface area contributed by atoms with E-state index in [1.54, 1.807) is 17.1 Å². The molecule has 0 unspecified atom stereocenters. The van der Waals surface area contributed by atoms with Crippen molar-refractivity contribution in [3.8, 4) is 0 Å². The monoisotopic (exact) mass is 320 g/mol. The van der Waals surface area contributed by atoms with Crippen LogP contribution in [0.2, 0.25) is 5.02 Å². The van der Waals surface area contributed by atoms with Gasteiger partial charge in [0.1, 0.15) is 0 Å². The summed E-state index contributed by atoms with van der Waals surface area (Å²) in [6, 6.07) is 5.60. The van der Waals surface area contributed by atoms with Crippen LogP contribution >= 0.6 is 22.9 Å². The molecule has 0 radical (unpaired) electrons. The number of amides is 1. The number of aryl methyl sites for hydroxylation is 2. The first-order valence-electron chi connectivity index (χ1n) is 6.45. The van der Waals surface area contributed by atoms with Gasteiger partial charge in [0.2, 0.25) is 5.91 Å². The van der Waals surface area contributed by atoms with E-state index in [1.165, 1.54) is 11.3 Å². The Hall–Kier alpha value is -1.92. The molecular weight excluding hydrogens is 308 g/mol. The zero-order valence-electron chi connectivity index (χ0n) is 11.3.